The first-order valence-corrected chi connectivity index (χ1v) is 10.5. The van der Waals surface area contributed by atoms with Crippen LogP contribution in [0.5, 0.6) is 0 Å². The molecule has 0 bridgehead atoms. The predicted molar refractivity (Wildman–Crippen MR) is 122 cm³/mol. The smallest absolute Gasteiger partial charge is 0.349 e. The summed E-state index contributed by atoms with van der Waals surface area (Å²) in [5.41, 5.74) is 2.49. The van der Waals surface area contributed by atoms with E-state index in [1.54, 1.807) is 36.7 Å². The third-order valence-corrected chi connectivity index (χ3v) is 5.99. The summed E-state index contributed by atoms with van der Waals surface area (Å²) in [5.74, 6) is -0.459. The molecule has 0 fully saturated rings. The van der Waals surface area contributed by atoms with Crippen LogP contribution in [0.3, 0.4) is 0 Å². The van der Waals surface area contributed by atoms with Gasteiger partial charge in [0.2, 0.25) is 0 Å². The summed E-state index contributed by atoms with van der Waals surface area (Å²) in [6.45, 7) is 2.25. The number of para-hydroxylation sites is 1. The van der Waals surface area contributed by atoms with Crippen LogP contribution in [0.25, 0.3) is 21.2 Å². The van der Waals surface area contributed by atoms with Gasteiger partial charge in [0, 0.05) is 17.8 Å². The summed E-state index contributed by atoms with van der Waals surface area (Å²) in [6, 6.07) is 18.3. The molecule has 3 aromatic heterocycles. The lowest BCUT2D eigenvalue weighted by molar-refractivity contribution is 0.0981. The molecular formula is C24H17N3O3S. The highest BCUT2D eigenvalue weighted by Crippen LogP contribution is 2.31. The SMILES string of the molecule is Cc1ccc2nc(N(Cc3cccnc3)C(=O)c3cc4ccccc4oc3=O)sc2c1. The van der Waals surface area contributed by atoms with E-state index >= 15 is 0 Å². The van der Waals surface area contributed by atoms with E-state index in [1.165, 1.54) is 16.2 Å². The van der Waals surface area contributed by atoms with E-state index in [-0.39, 0.29) is 12.1 Å². The van der Waals surface area contributed by atoms with Crippen LogP contribution in [0.2, 0.25) is 0 Å². The van der Waals surface area contributed by atoms with Gasteiger partial charge in [-0.25, -0.2) is 9.78 Å². The van der Waals surface area contributed by atoms with Crippen molar-refractivity contribution in [3.8, 4) is 0 Å². The first kappa shape index (κ1) is 19.1. The van der Waals surface area contributed by atoms with Gasteiger partial charge in [-0.05, 0) is 48.4 Å². The van der Waals surface area contributed by atoms with Crippen molar-refractivity contribution in [2.75, 3.05) is 4.90 Å². The summed E-state index contributed by atoms with van der Waals surface area (Å²) in [7, 11) is 0. The third-order valence-electron chi connectivity index (χ3n) is 4.94. The zero-order valence-corrected chi connectivity index (χ0v) is 17.4. The van der Waals surface area contributed by atoms with Gasteiger partial charge < -0.3 is 4.42 Å². The van der Waals surface area contributed by atoms with Crippen molar-refractivity contribution in [3.05, 3.63) is 100 Å². The van der Waals surface area contributed by atoms with E-state index in [9.17, 15) is 9.59 Å². The number of nitrogens with zero attached hydrogens (tertiary/aromatic N) is 3. The van der Waals surface area contributed by atoms with Gasteiger partial charge in [0.15, 0.2) is 5.13 Å². The Labute approximate surface area is 181 Å². The number of amides is 1. The predicted octanol–water partition coefficient (Wildman–Crippen LogP) is 4.95. The number of fused-ring (bicyclic) bond motifs is 2. The van der Waals surface area contributed by atoms with Crippen LogP contribution in [-0.4, -0.2) is 15.9 Å². The Morgan fingerprint density at radius 1 is 1.10 bits per heavy atom. The molecule has 0 radical (unpaired) electrons. The molecule has 0 aliphatic carbocycles. The Balaban J connectivity index is 1.63. The zero-order valence-electron chi connectivity index (χ0n) is 16.6. The molecule has 2 aromatic carbocycles. The Kier molecular flexibility index (Phi) is 4.80. The average molecular weight is 427 g/mol. The fourth-order valence-electron chi connectivity index (χ4n) is 3.39. The number of carbonyl (C=O) groups excluding carboxylic acids is 1. The van der Waals surface area contributed by atoms with Crippen LogP contribution in [0, 0.1) is 6.92 Å². The molecule has 0 aliphatic heterocycles. The molecule has 1 amide bonds. The molecule has 0 unspecified atom stereocenters. The van der Waals surface area contributed by atoms with Crippen molar-refractivity contribution in [3.63, 3.8) is 0 Å². The van der Waals surface area contributed by atoms with Crippen LogP contribution in [-0.2, 0) is 6.54 Å². The van der Waals surface area contributed by atoms with Crippen molar-refractivity contribution in [1.29, 1.82) is 0 Å². The van der Waals surface area contributed by atoms with E-state index in [0.29, 0.717) is 16.1 Å². The van der Waals surface area contributed by atoms with Crippen molar-refractivity contribution < 1.29 is 9.21 Å². The highest BCUT2D eigenvalue weighted by molar-refractivity contribution is 7.22. The average Bonchev–Trinajstić information content (AvgIpc) is 3.20. The second-order valence-corrected chi connectivity index (χ2v) is 8.21. The number of aryl methyl sites for hydroxylation is 1. The molecule has 0 spiro atoms. The van der Waals surface area contributed by atoms with Gasteiger partial charge in [-0.1, -0.05) is 41.7 Å². The molecule has 0 N–H and O–H groups in total. The van der Waals surface area contributed by atoms with E-state index in [0.717, 1.165) is 21.3 Å². The third kappa shape index (κ3) is 3.71. The Morgan fingerprint density at radius 3 is 2.81 bits per heavy atom. The van der Waals surface area contributed by atoms with Crippen LogP contribution in [0.1, 0.15) is 21.5 Å². The first-order chi connectivity index (χ1) is 15.1. The summed E-state index contributed by atoms with van der Waals surface area (Å²) < 4.78 is 6.37. The van der Waals surface area contributed by atoms with Crippen molar-refractivity contribution in [1.82, 2.24) is 9.97 Å². The molecule has 7 heteroatoms. The Morgan fingerprint density at radius 2 is 1.97 bits per heavy atom. The fraction of sp³-hybridized carbons (Fsp3) is 0.0833. The number of benzene rings is 2. The van der Waals surface area contributed by atoms with E-state index in [1.807, 2.05) is 43.3 Å². The van der Waals surface area contributed by atoms with Gasteiger partial charge in [0.05, 0.1) is 16.8 Å². The maximum Gasteiger partial charge on any atom is 0.349 e. The lowest BCUT2D eigenvalue weighted by Gasteiger charge is -2.19. The largest absolute Gasteiger partial charge is 0.422 e. The standard InChI is InChI=1S/C24H17N3O3S/c1-15-8-9-19-21(11-15)31-24(26-19)27(14-16-5-4-10-25-13-16)22(28)18-12-17-6-2-3-7-20(17)30-23(18)29/h2-13H,14H2,1H3. The van der Waals surface area contributed by atoms with Gasteiger partial charge in [0.25, 0.3) is 5.91 Å². The molecule has 6 nitrogen and oxygen atoms in total. The van der Waals surface area contributed by atoms with Crippen LogP contribution < -0.4 is 10.5 Å². The highest BCUT2D eigenvalue weighted by Gasteiger charge is 2.25. The summed E-state index contributed by atoms with van der Waals surface area (Å²) in [4.78, 5) is 36.5. The highest BCUT2D eigenvalue weighted by atomic mass is 32.1. The number of anilines is 1. The monoisotopic (exact) mass is 427 g/mol. The maximum absolute atomic E-state index is 13.6. The van der Waals surface area contributed by atoms with Gasteiger partial charge in [-0.15, -0.1) is 0 Å². The normalized spacial score (nSPS) is 11.1. The zero-order chi connectivity index (χ0) is 21.4. The quantitative estimate of drug-likeness (QED) is 0.379. The number of aromatic nitrogens is 2. The fourth-order valence-corrected chi connectivity index (χ4v) is 4.45. The molecule has 0 aliphatic rings. The van der Waals surface area contributed by atoms with Crippen molar-refractivity contribution in [2.24, 2.45) is 0 Å². The molecule has 3 heterocycles. The second kappa shape index (κ2) is 7.77. The molecule has 152 valence electrons. The first-order valence-electron chi connectivity index (χ1n) is 9.69. The molecule has 0 saturated heterocycles. The topological polar surface area (TPSA) is 76.3 Å². The van der Waals surface area contributed by atoms with Gasteiger partial charge in [0.1, 0.15) is 11.1 Å². The van der Waals surface area contributed by atoms with Crippen LogP contribution >= 0.6 is 11.3 Å². The number of rotatable bonds is 4. The molecule has 31 heavy (non-hydrogen) atoms. The minimum absolute atomic E-state index is 0.0296. The molecule has 0 atom stereocenters. The second-order valence-electron chi connectivity index (χ2n) is 7.21. The lowest BCUT2D eigenvalue weighted by atomic mass is 10.1. The molecule has 5 aromatic rings. The number of hydrogen-bond acceptors (Lipinski definition) is 6. The van der Waals surface area contributed by atoms with Crippen LogP contribution in [0.15, 0.2) is 82.3 Å². The Hall–Kier alpha value is -3.84. The van der Waals surface area contributed by atoms with Crippen molar-refractivity contribution >= 4 is 43.6 Å². The summed E-state index contributed by atoms with van der Waals surface area (Å²) in [6.07, 6.45) is 3.37. The van der Waals surface area contributed by atoms with Crippen molar-refractivity contribution in [2.45, 2.75) is 13.5 Å². The Bertz CT molecular complexity index is 1470. The number of carbonyl (C=O) groups is 1. The number of pyridine rings is 1. The van der Waals surface area contributed by atoms with E-state index in [2.05, 4.69) is 9.97 Å². The number of thiazole rings is 1. The van der Waals surface area contributed by atoms with Crippen LogP contribution in [0.4, 0.5) is 5.13 Å². The van der Waals surface area contributed by atoms with Gasteiger partial charge in [-0.2, -0.15) is 0 Å². The summed E-state index contributed by atoms with van der Waals surface area (Å²) >= 11 is 1.41. The maximum atomic E-state index is 13.6. The lowest BCUT2D eigenvalue weighted by Crippen LogP contribution is -2.33. The van der Waals surface area contributed by atoms with E-state index < -0.39 is 11.5 Å². The minimum Gasteiger partial charge on any atom is -0.422 e. The van der Waals surface area contributed by atoms with E-state index in [4.69, 9.17) is 4.42 Å². The molecule has 0 saturated carbocycles. The van der Waals surface area contributed by atoms with Gasteiger partial charge >= 0.3 is 5.63 Å². The van der Waals surface area contributed by atoms with Gasteiger partial charge in [-0.3, -0.25) is 14.7 Å². The molecule has 5 rings (SSSR count). The summed E-state index contributed by atoms with van der Waals surface area (Å²) in [5, 5.41) is 1.20. The minimum atomic E-state index is -0.670. The molecular weight excluding hydrogens is 410 g/mol. The number of hydrogen-bond donors (Lipinski definition) is 0.